The van der Waals surface area contributed by atoms with E-state index in [-0.39, 0.29) is 35.6 Å². The van der Waals surface area contributed by atoms with Crippen molar-refractivity contribution in [1.82, 2.24) is 4.90 Å². The normalized spacial score (nSPS) is 20.4. The van der Waals surface area contributed by atoms with Gasteiger partial charge in [-0.3, -0.25) is 9.59 Å². The summed E-state index contributed by atoms with van der Waals surface area (Å²) in [6, 6.07) is 30.0. The predicted octanol–water partition coefficient (Wildman–Crippen LogP) is 9.28. The van der Waals surface area contributed by atoms with Crippen LogP contribution in [0.1, 0.15) is 64.8 Å². The minimum atomic E-state index is -4.61. The van der Waals surface area contributed by atoms with Crippen LogP contribution in [0.2, 0.25) is 0 Å². The van der Waals surface area contributed by atoms with Gasteiger partial charge in [-0.25, -0.2) is 0 Å². The summed E-state index contributed by atoms with van der Waals surface area (Å²) >= 11 is 0. The summed E-state index contributed by atoms with van der Waals surface area (Å²) in [4.78, 5) is 27.7. The van der Waals surface area contributed by atoms with Gasteiger partial charge in [-0.2, -0.15) is 13.2 Å². The van der Waals surface area contributed by atoms with E-state index in [0.29, 0.717) is 11.3 Å². The zero-order valence-electron chi connectivity index (χ0n) is 25.1. The molecule has 228 valence electrons. The summed E-state index contributed by atoms with van der Waals surface area (Å²) < 4.78 is 45.0. The summed E-state index contributed by atoms with van der Waals surface area (Å²) in [5, 5.41) is 1.70. The SMILES string of the molecule is CC(=O)C12CC(c3cccc(-c4ccc(CN(Cc5ccc(C(F)(F)F)o5)C(=O)c5c(C)ccc6ccccc56)cc4)c3)(C1)C2. The van der Waals surface area contributed by atoms with Crippen molar-refractivity contribution in [2.45, 2.75) is 57.8 Å². The number of nitrogens with zero attached hydrogens (tertiary/aromatic N) is 1. The number of carbonyl (C=O) groups is 2. The molecule has 0 N–H and O–H groups in total. The molecule has 2 bridgehead atoms. The third-order valence-electron chi connectivity index (χ3n) is 9.84. The first-order valence-electron chi connectivity index (χ1n) is 15.1. The van der Waals surface area contributed by atoms with Crippen LogP contribution in [-0.2, 0) is 29.5 Å². The number of hydrogen-bond acceptors (Lipinski definition) is 3. The molecule has 1 aromatic heterocycles. The van der Waals surface area contributed by atoms with Crippen LogP contribution in [0.5, 0.6) is 0 Å². The molecule has 0 unspecified atom stereocenters. The zero-order chi connectivity index (χ0) is 31.6. The number of carbonyl (C=O) groups excluding carboxylic acids is 2. The van der Waals surface area contributed by atoms with Gasteiger partial charge in [0.1, 0.15) is 11.5 Å². The maximum atomic E-state index is 14.2. The average Bonchev–Trinajstić information content (AvgIpc) is 3.45. The van der Waals surface area contributed by atoms with E-state index in [2.05, 4.69) is 24.3 Å². The third kappa shape index (κ3) is 5.04. The van der Waals surface area contributed by atoms with Crippen molar-refractivity contribution >= 4 is 22.5 Å². The number of ketones is 1. The van der Waals surface area contributed by atoms with Gasteiger partial charge in [0.15, 0.2) is 0 Å². The van der Waals surface area contributed by atoms with Gasteiger partial charge in [-0.15, -0.1) is 0 Å². The van der Waals surface area contributed by atoms with Crippen molar-refractivity contribution in [3.05, 3.63) is 131 Å². The molecule has 0 aliphatic heterocycles. The number of Topliss-reactive ketones (excluding diaryl/α,β-unsaturated/α-hetero) is 1. The molecule has 5 aromatic rings. The fourth-order valence-electron chi connectivity index (χ4n) is 7.34. The number of rotatable bonds is 8. The Hall–Kier alpha value is -4.65. The molecule has 7 heteroatoms. The second-order valence-corrected chi connectivity index (χ2v) is 12.8. The number of furan rings is 1. The lowest BCUT2D eigenvalue weighted by atomic mass is 9.32. The Morgan fingerprint density at radius 2 is 1.56 bits per heavy atom. The molecular weight excluding hydrogens is 575 g/mol. The highest BCUT2D eigenvalue weighted by molar-refractivity contribution is 6.08. The van der Waals surface area contributed by atoms with Crippen LogP contribution in [0, 0.1) is 12.3 Å². The molecule has 1 amide bonds. The Balaban J connectivity index is 1.16. The number of halogens is 3. The van der Waals surface area contributed by atoms with Crippen LogP contribution in [-0.4, -0.2) is 16.6 Å². The van der Waals surface area contributed by atoms with Gasteiger partial charge in [-0.1, -0.05) is 84.9 Å². The first-order chi connectivity index (χ1) is 21.5. The maximum Gasteiger partial charge on any atom is 0.449 e. The van der Waals surface area contributed by atoms with Crippen LogP contribution >= 0.6 is 0 Å². The van der Waals surface area contributed by atoms with Crippen LogP contribution in [0.3, 0.4) is 0 Å². The van der Waals surface area contributed by atoms with Gasteiger partial charge in [-0.05, 0) is 89.2 Å². The van der Waals surface area contributed by atoms with Crippen LogP contribution in [0.25, 0.3) is 21.9 Å². The highest BCUT2D eigenvalue weighted by Gasteiger charge is 2.70. The van der Waals surface area contributed by atoms with E-state index in [1.807, 2.05) is 67.6 Å². The zero-order valence-corrected chi connectivity index (χ0v) is 25.1. The molecule has 4 aromatic carbocycles. The van der Waals surface area contributed by atoms with E-state index in [1.165, 1.54) is 16.5 Å². The molecule has 3 saturated carbocycles. The largest absolute Gasteiger partial charge is 0.455 e. The number of hydrogen-bond donors (Lipinski definition) is 0. The predicted molar refractivity (Wildman–Crippen MR) is 166 cm³/mol. The molecule has 3 aliphatic carbocycles. The minimum Gasteiger partial charge on any atom is -0.455 e. The van der Waals surface area contributed by atoms with Crippen LogP contribution < -0.4 is 0 Å². The second kappa shape index (κ2) is 10.5. The smallest absolute Gasteiger partial charge is 0.449 e. The number of aryl methyl sites for hydroxylation is 1. The summed E-state index contributed by atoms with van der Waals surface area (Å²) in [6.07, 6.45) is -1.83. The van der Waals surface area contributed by atoms with E-state index in [0.717, 1.165) is 58.4 Å². The molecule has 1 heterocycles. The van der Waals surface area contributed by atoms with Crippen molar-refractivity contribution in [2.75, 3.05) is 0 Å². The standard InChI is InChI=1S/C38H32F3NO3/c1-24-10-13-28-6-3-4-9-32(28)34(24)35(44)42(20-31-16-17-33(45-31)38(39,40)41)19-26-11-14-27(15-12-26)29-7-5-8-30(18-29)37-21-36(22-37,23-37)25(2)43/h3-18H,19-23H2,1-2H3. The molecular formula is C38H32F3NO3. The molecule has 3 fully saturated rings. The quantitative estimate of drug-likeness (QED) is 0.177. The fourth-order valence-corrected chi connectivity index (χ4v) is 7.34. The molecule has 4 nitrogen and oxygen atoms in total. The average molecular weight is 608 g/mol. The topological polar surface area (TPSA) is 50.5 Å². The number of fused-ring (bicyclic) bond motifs is 1. The Morgan fingerprint density at radius 1 is 0.822 bits per heavy atom. The Morgan fingerprint density at radius 3 is 2.24 bits per heavy atom. The minimum absolute atomic E-state index is 0.0576. The van der Waals surface area contributed by atoms with Gasteiger partial charge in [0.05, 0.1) is 12.1 Å². The highest BCUT2D eigenvalue weighted by Crippen LogP contribution is 2.74. The van der Waals surface area contributed by atoms with Gasteiger partial charge < -0.3 is 9.32 Å². The van der Waals surface area contributed by atoms with E-state index < -0.39 is 11.9 Å². The second-order valence-electron chi connectivity index (χ2n) is 12.8. The summed E-state index contributed by atoms with van der Waals surface area (Å²) in [6.45, 7) is 3.63. The third-order valence-corrected chi connectivity index (χ3v) is 9.84. The van der Waals surface area contributed by atoms with Gasteiger partial charge >= 0.3 is 6.18 Å². The van der Waals surface area contributed by atoms with Gasteiger partial charge in [0, 0.05) is 12.0 Å². The number of alkyl halides is 3. The Labute approximate surface area is 259 Å². The molecule has 0 saturated heterocycles. The molecule has 0 radical (unpaired) electrons. The molecule has 45 heavy (non-hydrogen) atoms. The number of amides is 1. The highest BCUT2D eigenvalue weighted by atomic mass is 19.4. The monoisotopic (exact) mass is 607 g/mol. The van der Waals surface area contributed by atoms with Crippen molar-refractivity contribution in [1.29, 1.82) is 0 Å². The van der Waals surface area contributed by atoms with Crippen molar-refractivity contribution in [3.63, 3.8) is 0 Å². The molecule has 3 aliphatic rings. The lowest BCUT2D eigenvalue weighted by Gasteiger charge is -2.70. The van der Waals surface area contributed by atoms with Gasteiger partial charge in [0.25, 0.3) is 5.91 Å². The fraction of sp³-hybridized carbons (Fsp3) is 0.263. The van der Waals surface area contributed by atoms with Crippen molar-refractivity contribution in [3.8, 4) is 11.1 Å². The molecule has 0 spiro atoms. The Bertz CT molecular complexity index is 1930. The van der Waals surface area contributed by atoms with Crippen LogP contribution in [0.4, 0.5) is 13.2 Å². The summed E-state index contributed by atoms with van der Waals surface area (Å²) in [5.74, 6) is -1.02. The van der Waals surface area contributed by atoms with E-state index in [4.69, 9.17) is 4.42 Å². The molecule has 0 atom stereocenters. The first kappa shape index (κ1) is 29.1. The van der Waals surface area contributed by atoms with Gasteiger partial charge in [0.2, 0.25) is 5.76 Å². The Kier molecular flexibility index (Phi) is 6.77. The van der Waals surface area contributed by atoms with E-state index >= 15 is 0 Å². The van der Waals surface area contributed by atoms with E-state index in [9.17, 15) is 22.8 Å². The molecule has 8 rings (SSSR count). The van der Waals surface area contributed by atoms with Crippen molar-refractivity contribution < 1.29 is 27.2 Å². The first-order valence-corrected chi connectivity index (χ1v) is 15.1. The van der Waals surface area contributed by atoms with E-state index in [1.54, 1.807) is 6.92 Å². The summed E-state index contributed by atoms with van der Waals surface area (Å²) in [5.41, 5.74) is 5.52. The van der Waals surface area contributed by atoms with Crippen molar-refractivity contribution in [2.24, 2.45) is 5.41 Å². The van der Waals surface area contributed by atoms with Crippen LogP contribution in [0.15, 0.2) is 101 Å². The lowest BCUT2D eigenvalue weighted by molar-refractivity contribution is -0.171. The maximum absolute atomic E-state index is 14.2. The summed E-state index contributed by atoms with van der Waals surface area (Å²) in [7, 11) is 0. The number of benzene rings is 4. The lowest BCUT2D eigenvalue weighted by Crippen LogP contribution is -2.67.